The minimum Gasteiger partial charge on any atom is -0.346 e. The average molecular weight is 383 g/mol. The summed E-state index contributed by atoms with van der Waals surface area (Å²) in [5.74, 6) is 0.828. The first-order valence-electron chi connectivity index (χ1n) is 9.92. The third kappa shape index (κ3) is 4.21. The molecule has 0 saturated carbocycles. The van der Waals surface area contributed by atoms with Gasteiger partial charge in [-0.25, -0.2) is 4.98 Å². The fourth-order valence-corrected chi connectivity index (χ4v) is 3.79. The number of aryl methyl sites for hydroxylation is 1. The Bertz CT molecular complexity index is 1130. The number of aromatic nitrogens is 2. The van der Waals surface area contributed by atoms with Crippen LogP contribution < -0.4 is 5.32 Å². The van der Waals surface area contributed by atoms with Crippen LogP contribution >= 0.6 is 0 Å². The summed E-state index contributed by atoms with van der Waals surface area (Å²) in [4.78, 5) is 16.9. The number of hydrogen-bond acceptors (Lipinski definition) is 2. The summed E-state index contributed by atoms with van der Waals surface area (Å²) in [6.07, 6.45) is 0.692. The van der Waals surface area contributed by atoms with Crippen LogP contribution in [0.5, 0.6) is 0 Å². The van der Waals surface area contributed by atoms with Crippen molar-refractivity contribution in [2.45, 2.75) is 32.9 Å². The molecule has 0 aliphatic heterocycles. The molecular formula is C25H25N3O. The topological polar surface area (TPSA) is 46.9 Å². The van der Waals surface area contributed by atoms with E-state index < -0.39 is 0 Å². The molecule has 0 saturated heterocycles. The molecule has 1 atom stereocenters. The van der Waals surface area contributed by atoms with Gasteiger partial charge < -0.3 is 9.88 Å². The number of para-hydroxylation sites is 2. The summed E-state index contributed by atoms with van der Waals surface area (Å²) in [6.45, 7) is 4.41. The second-order valence-corrected chi connectivity index (χ2v) is 7.41. The molecular weight excluding hydrogens is 358 g/mol. The van der Waals surface area contributed by atoms with Crippen molar-refractivity contribution in [3.05, 3.63) is 101 Å². The van der Waals surface area contributed by atoms with Gasteiger partial charge in [0.25, 0.3) is 0 Å². The Hall–Kier alpha value is -3.40. The van der Waals surface area contributed by atoms with E-state index in [0.717, 1.165) is 16.9 Å². The Morgan fingerprint density at radius 3 is 2.41 bits per heavy atom. The number of benzene rings is 3. The molecule has 1 amide bonds. The summed E-state index contributed by atoms with van der Waals surface area (Å²) in [5.41, 5.74) is 5.68. The summed E-state index contributed by atoms with van der Waals surface area (Å²) in [6, 6.07) is 26.6. The van der Waals surface area contributed by atoms with Gasteiger partial charge in [-0.15, -0.1) is 0 Å². The highest BCUT2D eigenvalue weighted by molar-refractivity contribution is 5.77. The molecule has 0 aliphatic rings. The average Bonchev–Trinajstić information content (AvgIpc) is 3.08. The van der Waals surface area contributed by atoms with E-state index in [1.807, 2.05) is 36.4 Å². The van der Waals surface area contributed by atoms with E-state index in [1.165, 1.54) is 16.7 Å². The molecule has 0 unspecified atom stereocenters. The fraction of sp³-hybridized carbons (Fsp3) is 0.200. The molecule has 4 rings (SSSR count). The van der Waals surface area contributed by atoms with Gasteiger partial charge in [-0.2, -0.15) is 0 Å². The van der Waals surface area contributed by atoms with E-state index in [1.54, 1.807) is 6.92 Å². The smallest absolute Gasteiger partial charge is 0.217 e. The van der Waals surface area contributed by atoms with Crippen LogP contribution in [0, 0.1) is 6.92 Å². The zero-order valence-corrected chi connectivity index (χ0v) is 16.8. The lowest BCUT2D eigenvalue weighted by Crippen LogP contribution is -2.30. The maximum atomic E-state index is 12.0. The molecule has 29 heavy (non-hydrogen) atoms. The van der Waals surface area contributed by atoms with Crippen LogP contribution in [-0.2, 0) is 17.8 Å². The van der Waals surface area contributed by atoms with Crippen LogP contribution in [0.25, 0.3) is 11.0 Å². The lowest BCUT2D eigenvalue weighted by atomic mass is 10.0. The van der Waals surface area contributed by atoms with Crippen LogP contribution in [0.3, 0.4) is 0 Å². The highest BCUT2D eigenvalue weighted by atomic mass is 16.1. The molecule has 4 nitrogen and oxygen atoms in total. The maximum Gasteiger partial charge on any atom is 0.217 e. The van der Waals surface area contributed by atoms with Crippen molar-refractivity contribution in [2.24, 2.45) is 0 Å². The van der Waals surface area contributed by atoms with Gasteiger partial charge in [0.2, 0.25) is 5.91 Å². The van der Waals surface area contributed by atoms with Crippen molar-refractivity contribution in [3.63, 3.8) is 0 Å². The normalized spacial score (nSPS) is 12.1. The van der Waals surface area contributed by atoms with Gasteiger partial charge in [0.15, 0.2) is 0 Å². The van der Waals surface area contributed by atoms with Gasteiger partial charge in [-0.05, 0) is 42.2 Å². The molecule has 1 heterocycles. The van der Waals surface area contributed by atoms with E-state index in [-0.39, 0.29) is 11.9 Å². The third-order valence-electron chi connectivity index (χ3n) is 5.25. The molecule has 4 aromatic rings. The minimum atomic E-state index is -0.202. The van der Waals surface area contributed by atoms with Crippen LogP contribution in [0.1, 0.15) is 35.5 Å². The highest BCUT2D eigenvalue weighted by Gasteiger charge is 2.22. The number of carbonyl (C=O) groups excluding carboxylic acids is 1. The summed E-state index contributed by atoms with van der Waals surface area (Å²) >= 11 is 0. The summed E-state index contributed by atoms with van der Waals surface area (Å²) in [5, 5.41) is 3.12. The predicted octanol–water partition coefficient (Wildman–Crippen LogP) is 4.81. The Balaban J connectivity index is 1.81. The van der Waals surface area contributed by atoms with Crippen LogP contribution in [-0.4, -0.2) is 15.5 Å². The molecule has 0 fully saturated rings. The third-order valence-corrected chi connectivity index (χ3v) is 5.25. The number of fused-ring (bicyclic) bond motifs is 1. The number of carbonyl (C=O) groups is 1. The lowest BCUT2D eigenvalue weighted by Gasteiger charge is -2.20. The second kappa shape index (κ2) is 8.31. The van der Waals surface area contributed by atoms with Crippen molar-refractivity contribution in [3.8, 4) is 0 Å². The van der Waals surface area contributed by atoms with E-state index in [4.69, 9.17) is 4.98 Å². The number of rotatable bonds is 6. The van der Waals surface area contributed by atoms with Gasteiger partial charge in [-0.3, -0.25) is 4.79 Å². The zero-order valence-electron chi connectivity index (χ0n) is 16.8. The minimum absolute atomic E-state index is 0.0552. The monoisotopic (exact) mass is 383 g/mol. The molecule has 3 aromatic carbocycles. The van der Waals surface area contributed by atoms with Crippen molar-refractivity contribution in [2.75, 3.05) is 0 Å². The SMILES string of the molecule is CC(=O)N[C@@H](Cc1ccccc1)c1nc2ccccc2n1Cc1ccccc1C. The Morgan fingerprint density at radius 1 is 0.966 bits per heavy atom. The van der Waals surface area contributed by atoms with Crippen LogP contribution in [0.2, 0.25) is 0 Å². The molecule has 1 aromatic heterocycles. The van der Waals surface area contributed by atoms with E-state index in [9.17, 15) is 4.79 Å². The highest BCUT2D eigenvalue weighted by Crippen LogP contribution is 2.25. The molecule has 146 valence electrons. The first-order chi connectivity index (χ1) is 14.1. The Labute approximate surface area is 171 Å². The van der Waals surface area contributed by atoms with Gasteiger partial charge >= 0.3 is 0 Å². The Kier molecular flexibility index (Phi) is 5.43. The van der Waals surface area contributed by atoms with Crippen molar-refractivity contribution >= 4 is 16.9 Å². The molecule has 0 bridgehead atoms. The molecule has 0 radical (unpaired) electrons. The molecule has 1 N–H and O–H groups in total. The van der Waals surface area contributed by atoms with E-state index in [0.29, 0.717) is 13.0 Å². The lowest BCUT2D eigenvalue weighted by molar-refractivity contribution is -0.119. The van der Waals surface area contributed by atoms with E-state index >= 15 is 0 Å². The van der Waals surface area contributed by atoms with Gasteiger partial charge in [0, 0.05) is 13.5 Å². The molecule has 0 spiro atoms. The molecule has 4 heteroatoms. The fourth-order valence-electron chi connectivity index (χ4n) is 3.79. The largest absolute Gasteiger partial charge is 0.346 e. The first-order valence-corrected chi connectivity index (χ1v) is 9.92. The van der Waals surface area contributed by atoms with Crippen molar-refractivity contribution in [1.29, 1.82) is 0 Å². The number of amides is 1. The van der Waals surface area contributed by atoms with Gasteiger partial charge in [-0.1, -0.05) is 66.7 Å². The van der Waals surface area contributed by atoms with Gasteiger partial charge in [0.05, 0.1) is 17.1 Å². The van der Waals surface area contributed by atoms with Crippen LogP contribution in [0.15, 0.2) is 78.9 Å². The van der Waals surface area contributed by atoms with Crippen LogP contribution in [0.4, 0.5) is 0 Å². The number of hydrogen-bond donors (Lipinski definition) is 1. The standard InChI is InChI=1S/C25H25N3O/c1-18-10-6-7-13-21(18)17-28-24-15-9-8-14-22(24)27-25(28)23(26-19(2)29)16-20-11-4-3-5-12-20/h3-15,23H,16-17H2,1-2H3,(H,26,29)/t23-/m0/s1. The van der Waals surface area contributed by atoms with Gasteiger partial charge in [0.1, 0.15) is 5.82 Å². The van der Waals surface area contributed by atoms with Crippen molar-refractivity contribution < 1.29 is 4.79 Å². The number of nitrogens with zero attached hydrogens (tertiary/aromatic N) is 2. The predicted molar refractivity (Wildman–Crippen MR) is 117 cm³/mol. The summed E-state index contributed by atoms with van der Waals surface area (Å²) < 4.78 is 2.24. The molecule has 0 aliphatic carbocycles. The zero-order chi connectivity index (χ0) is 20.2. The second-order valence-electron chi connectivity index (χ2n) is 7.41. The quantitative estimate of drug-likeness (QED) is 0.519. The first kappa shape index (κ1) is 18.9. The van der Waals surface area contributed by atoms with E-state index in [2.05, 4.69) is 59.3 Å². The van der Waals surface area contributed by atoms with Crippen molar-refractivity contribution in [1.82, 2.24) is 14.9 Å². The summed E-state index contributed by atoms with van der Waals surface area (Å²) in [7, 11) is 0. The number of nitrogens with one attached hydrogen (secondary N) is 1. The maximum absolute atomic E-state index is 12.0. The number of imidazole rings is 1. The Morgan fingerprint density at radius 2 is 1.66 bits per heavy atom.